The number of ether oxygens (including phenoxy) is 1. The van der Waals surface area contributed by atoms with Crippen LogP contribution in [0, 0.1) is 0 Å². The molecule has 0 aromatic heterocycles. The second-order valence-corrected chi connectivity index (χ2v) is 3.56. The summed E-state index contributed by atoms with van der Waals surface area (Å²) >= 11 is 5.86. The van der Waals surface area contributed by atoms with Crippen molar-refractivity contribution in [2.24, 2.45) is 0 Å². The summed E-state index contributed by atoms with van der Waals surface area (Å²) in [4.78, 5) is 10.6. The van der Waals surface area contributed by atoms with E-state index < -0.39 is 5.97 Å². The van der Waals surface area contributed by atoms with Crippen LogP contribution in [0.15, 0.2) is 18.2 Å². The van der Waals surface area contributed by atoms with E-state index in [0.29, 0.717) is 17.4 Å². The first kappa shape index (κ1) is 11.9. The summed E-state index contributed by atoms with van der Waals surface area (Å²) in [6.07, 6.45) is 2.00. The van der Waals surface area contributed by atoms with Gasteiger partial charge in [-0.15, -0.1) is 0 Å². The van der Waals surface area contributed by atoms with Crippen molar-refractivity contribution in [3.63, 3.8) is 0 Å². The van der Waals surface area contributed by atoms with E-state index in [1.165, 1.54) is 12.1 Å². The fourth-order valence-electron chi connectivity index (χ4n) is 1.08. The summed E-state index contributed by atoms with van der Waals surface area (Å²) in [5.41, 5.74) is 0.169. The van der Waals surface area contributed by atoms with Crippen molar-refractivity contribution in [2.45, 2.75) is 19.8 Å². The van der Waals surface area contributed by atoms with Gasteiger partial charge >= 0.3 is 5.97 Å². The molecule has 4 heteroatoms. The van der Waals surface area contributed by atoms with Crippen LogP contribution in [-0.2, 0) is 0 Å². The van der Waals surface area contributed by atoms with E-state index >= 15 is 0 Å². The highest BCUT2D eigenvalue weighted by molar-refractivity contribution is 6.32. The normalized spacial score (nSPS) is 10.0. The number of hydrogen-bond donors (Lipinski definition) is 1. The number of carbonyl (C=O) groups is 1. The van der Waals surface area contributed by atoms with Crippen molar-refractivity contribution in [1.82, 2.24) is 0 Å². The van der Waals surface area contributed by atoms with Gasteiger partial charge < -0.3 is 9.84 Å². The molecule has 0 heterocycles. The molecule has 3 nitrogen and oxygen atoms in total. The fraction of sp³-hybridized carbons (Fsp3) is 0.364. The molecule has 15 heavy (non-hydrogen) atoms. The van der Waals surface area contributed by atoms with Gasteiger partial charge in [-0.25, -0.2) is 4.79 Å². The van der Waals surface area contributed by atoms with E-state index in [9.17, 15) is 4.79 Å². The first-order valence-electron chi connectivity index (χ1n) is 4.80. The van der Waals surface area contributed by atoms with Crippen LogP contribution in [0.4, 0.5) is 0 Å². The zero-order chi connectivity index (χ0) is 11.3. The number of carboxylic acids is 1. The molecule has 0 aliphatic rings. The molecule has 1 rings (SSSR count). The lowest BCUT2D eigenvalue weighted by Crippen LogP contribution is -1.99. The van der Waals surface area contributed by atoms with Crippen LogP contribution in [0.5, 0.6) is 5.75 Å². The molecule has 0 aliphatic heterocycles. The van der Waals surface area contributed by atoms with Crippen LogP contribution in [0.3, 0.4) is 0 Å². The Morgan fingerprint density at radius 2 is 2.27 bits per heavy atom. The Balaban J connectivity index is 2.70. The second kappa shape index (κ2) is 5.61. The largest absolute Gasteiger partial charge is 0.492 e. The number of hydrogen-bond acceptors (Lipinski definition) is 2. The van der Waals surface area contributed by atoms with Gasteiger partial charge in [0.25, 0.3) is 0 Å². The van der Waals surface area contributed by atoms with E-state index in [-0.39, 0.29) is 5.56 Å². The molecule has 1 aromatic carbocycles. The standard InChI is InChI=1S/C11H13ClO3/c1-2-3-6-15-10-5-4-8(11(13)14)7-9(10)12/h4-5,7H,2-3,6H2,1H3,(H,13,14). The SMILES string of the molecule is CCCCOc1ccc(C(=O)O)cc1Cl. The molecule has 0 amide bonds. The third-order valence-corrected chi connectivity index (χ3v) is 2.23. The molecule has 82 valence electrons. The van der Waals surface area contributed by atoms with Gasteiger partial charge in [-0.2, -0.15) is 0 Å². The van der Waals surface area contributed by atoms with E-state index in [1.807, 2.05) is 0 Å². The summed E-state index contributed by atoms with van der Waals surface area (Å²) < 4.78 is 5.39. The van der Waals surface area contributed by atoms with Crippen LogP contribution >= 0.6 is 11.6 Å². The van der Waals surface area contributed by atoms with E-state index in [2.05, 4.69) is 6.92 Å². The van der Waals surface area contributed by atoms with Crippen molar-refractivity contribution >= 4 is 17.6 Å². The van der Waals surface area contributed by atoms with Crippen LogP contribution in [0.25, 0.3) is 0 Å². The van der Waals surface area contributed by atoms with Crippen molar-refractivity contribution < 1.29 is 14.6 Å². The van der Waals surface area contributed by atoms with Crippen molar-refractivity contribution in [3.8, 4) is 5.75 Å². The molecular formula is C11H13ClO3. The highest BCUT2D eigenvalue weighted by Gasteiger charge is 2.07. The van der Waals surface area contributed by atoms with Gasteiger partial charge in [-0.3, -0.25) is 0 Å². The predicted octanol–water partition coefficient (Wildman–Crippen LogP) is 3.22. The number of halogens is 1. The summed E-state index contributed by atoms with van der Waals surface area (Å²) in [6.45, 7) is 2.67. The first-order valence-corrected chi connectivity index (χ1v) is 5.18. The number of benzene rings is 1. The molecule has 0 radical (unpaired) electrons. The number of carboxylic acid groups (broad SMARTS) is 1. The van der Waals surface area contributed by atoms with Crippen LogP contribution in [0.1, 0.15) is 30.1 Å². The minimum Gasteiger partial charge on any atom is -0.492 e. The summed E-state index contributed by atoms with van der Waals surface area (Å²) in [5.74, 6) is -0.452. The van der Waals surface area contributed by atoms with E-state index in [1.54, 1.807) is 6.07 Å². The Labute approximate surface area is 93.6 Å². The molecule has 0 unspecified atom stereocenters. The molecule has 0 spiro atoms. The van der Waals surface area contributed by atoms with Gasteiger partial charge in [0.05, 0.1) is 17.2 Å². The van der Waals surface area contributed by atoms with Crippen molar-refractivity contribution in [2.75, 3.05) is 6.61 Å². The number of rotatable bonds is 5. The molecular weight excluding hydrogens is 216 g/mol. The molecule has 0 bridgehead atoms. The average Bonchev–Trinajstić information content (AvgIpc) is 2.20. The molecule has 1 aromatic rings. The van der Waals surface area contributed by atoms with Gasteiger partial charge in [0.2, 0.25) is 0 Å². The first-order chi connectivity index (χ1) is 7.15. The van der Waals surface area contributed by atoms with E-state index in [0.717, 1.165) is 12.8 Å². The molecule has 1 N–H and O–H groups in total. The lowest BCUT2D eigenvalue weighted by Gasteiger charge is -2.07. The number of aromatic carboxylic acids is 1. The maximum absolute atomic E-state index is 10.6. The lowest BCUT2D eigenvalue weighted by molar-refractivity contribution is 0.0697. The molecule has 0 atom stereocenters. The molecule has 0 saturated carbocycles. The summed E-state index contributed by atoms with van der Waals surface area (Å²) in [5, 5.41) is 9.05. The third kappa shape index (κ3) is 3.44. The highest BCUT2D eigenvalue weighted by atomic mass is 35.5. The Morgan fingerprint density at radius 3 is 2.80 bits per heavy atom. The van der Waals surface area contributed by atoms with Crippen molar-refractivity contribution in [1.29, 1.82) is 0 Å². The van der Waals surface area contributed by atoms with Gasteiger partial charge in [0.1, 0.15) is 5.75 Å². The monoisotopic (exact) mass is 228 g/mol. The maximum atomic E-state index is 10.6. The smallest absolute Gasteiger partial charge is 0.335 e. The second-order valence-electron chi connectivity index (χ2n) is 3.15. The zero-order valence-electron chi connectivity index (χ0n) is 8.50. The Hall–Kier alpha value is -1.22. The van der Waals surface area contributed by atoms with E-state index in [4.69, 9.17) is 21.4 Å². The lowest BCUT2D eigenvalue weighted by atomic mass is 10.2. The summed E-state index contributed by atoms with van der Waals surface area (Å²) in [7, 11) is 0. The minimum absolute atomic E-state index is 0.169. The van der Waals surface area contributed by atoms with Crippen molar-refractivity contribution in [3.05, 3.63) is 28.8 Å². The van der Waals surface area contributed by atoms with Gasteiger partial charge in [0, 0.05) is 0 Å². The molecule has 0 saturated heterocycles. The Kier molecular flexibility index (Phi) is 4.43. The van der Waals surface area contributed by atoms with Gasteiger partial charge in [0.15, 0.2) is 0 Å². The van der Waals surface area contributed by atoms with Gasteiger partial charge in [-0.1, -0.05) is 24.9 Å². The predicted molar refractivity (Wildman–Crippen MR) is 58.8 cm³/mol. The van der Waals surface area contributed by atoms with Crippen LogP contribution in [0.2, 0.25) is 5.02 Å². The third-order valence-electron chi connectivity index (χ3n) is 1.93. The highest BCUT2D eigenvalue weighted by Crippen LogP contribution is 2.25. The minimum atomic E-state index is -0.989. The fourth-order valence-corrected chi connectivity index (χ4v) is 1.31. The Bertz CT molecular complexity index is 350. The summed E-state index contributed by atoms with van der Waals surface area (Å²) in [6, 6.07) is 4.46. The van der Waals surface area contributed by atoms with Crippen LogP contribution < -0.4 is 4.74 Å². The van der Waals surface area contributed by atoms with Crippen LogP contribution in [-0.4, -0.2) is 17.7 Å². The maximum Gasteiger partial charge on any atom is 0.335 e. The zero-order valence-corrected chi connectivity index (χ0v) is 9.25. The Morgan fingerprint density at radius 1 is 1.53 bits per heavy atom. The molecule has 0 fully saturated rings. The van der Waals surface area contributed by atoms with Gasteiger partial charge in [-0.05, 0) is 24.6 Å². The average molecular weight is 229 g/mol. The molecule has 0 aliphatic carbocycles. The quantitative estimate of drug-likeness (QED) is 0.788. The topological polar surface area (TPSA) is 46.5 Å². The number of unbranched alkanes of at least 4 members (excludes halogenated alkanes) is 1.